The van der Waals surface area contributed by atoms with Gasteiger partial charge in [-0.2, -0.15) is 13.5 Å². The molecule has 0 aliphatic carbocycles. The van der Waals surface area contributed by atoms with E-state index in [0.717, 1.165) is 16.2 Å². The largest absolute Gasteiger partial charge is 0.418 e. The van der Waals surface area contributed by atoms with Crippen molar-refractivity contribution in [2.45, 2.75) is 13.0 Å². The van der Waals surface area contributed by atoms with Crippen LogP contribution in [0.4, 0.5) is 4.79 Å². The topological polar surface area (TPSA) is 100 Å². The zero-order valence-corrected chi connectivity index (χ0v) is 12.0. The number of hydrogen-bond acceptors (Lipinski definition) is 6. The van der Waals surface area contributed by atoms with Crippen LogP contribution >= 0.6 is 11.3 Å². The molecular formula is C10H11N3O5S2. The van der Waals surface area contributed by atoms with Gasteiger partial charge in [-0.15, -0.1) is 15.6 Å². The quantitative estimate of drug-likeness (QED) is 0.827. The van der Waals surface area contributed by atoms with Gasteiger partial charge in [-0.25, -0.2) is 9.78 Å². The Labute approximate surface area is 119 Å². The van der Waals surface area contributed by atoms with Gasteiger partial charge >= 0.3 is 16.4 Å². The van der Waals surface area contributed by atoms with Gasteiger partial charge in [-0.05, 0) is 12.5 Å². The van der Waals surface area contributed by atoms with Crippen LogP contribution in [-0.4, -0.2) is 53.1 Å². The fourth-order valence-corrected chi connectivity index (χ4v) is 3.50. The third-order valence-corrected chi connectivity index (χ3v) is 4.51. The standard InChI is InChI=1S/C10H11N3O5S2/c1-6-7(9-11-2-3-19-9)4-12-5-8(6)13(10(12)14)18-20(15,16)17/h2-3,8H,4-5H2,1H3,(H,15,16,17). The Morgan fingerprint density at radius 3 is 2.90 bits per heavy atom. The molecule has 20 heavy (non-hydrogen) atoms. The second-order valence-corrected chi connectivity index (χ2v) is 6.40. The van der Waals surface area contributed by atoms with E-state index in [9.17, 15) is 13.2 Å². The average molecular weight is 317 g/mol. The maximum Gasteiger partial charge on any atom is 0.418 e. The van der Waals surface area contributed by atoms with Crippen molar-refractivity contribution < 1.29 is 22.0 Å². The lowest BCUT2D eigenvalue weighted by Crippen LogP contribution is -2.36. The second-order valence-electron chi connectivity index (χ2n) is 4.51. The summed E-state index contributed by atoms with van der Waals surface area (Å²) in [6, 6.07) is -1.13. The van der Waals surface area contributed by atoms with Gasteiger partial charge in [-0.3, -0.25) is 4.55 Å². The lowest BCUT2D eigenvalue weighted by Gasteiger charge is -2.24. The molecule has 2 aliphatic heterocycles. The number of hydroxylamine groups is 2. The van der Waals surface area contributed by atoms with Gasteiger partial charge in [0, 0.05) is 23.7 Å². The van der Waals surface area contributed by atoms with Crippen LogP contribution in [0.3, 0.4) is 0 Å². The number of carbonyl (C=O) groups is 1. The molecule has 0 radical (unpaired) electrons. The second kappa shape index (κ2) is 4.52. The van der Waals surface area contributed by atoms with Crippen LogP contribution in [0.5, 0.6) is 0 Å². The normalized spacial score (nSPS) is 22.9. The average Bonchev–Trinajstić information content (AvgIpc) is 2.95. The van der Waals surface area contributed by atoms with E-state index in [2.05, 4.69) is 9.27 Å². The van der Waals surface area contributed by atoms with Crippen LogP contribution in [0.1, 0.15) is 11.9 Å². The number of aromatic nitrogens is 1. The molecule has 1 aromatic rings. The molecule has 2 amide bonds. The van der Waals surface area contributed by atoms with Crippen molar-refractivity contribution in [2.24, 2.45) is 0 Å². The molecule has 1 N–H and O–H groups in total. The summed E-state index contributed by atoms with van der Waals surface area (Å²) in [5.41, 5.74) is 1.69. The van der Waals surface area contributed by atoms with Gasteiger partial charge in [0.05, 0.1) is 6.54 Å². The number of carbonyl (C=O) groups excluding carboxylic acids is 1. The number of nitrogens with zero attached hydrogens (tertiary/aromatic N) is 3. The van der Waals surface area contributed by atoms with E-state index in [1.165, 1.54) is 16.2 Å². The van der Waals surface area contributed by atoms with E-state index in [4.69, 9.17) is 4.55 Å². The van der Waals surface area contributed by atoms with Gasteiger partial charge in [0.1, 0.15) is 11.0 Å². The highest BCUT2D eigenvalue weighted by molar-refractivity contribution is 7.80. The minimum absolute atomic E-state index is 0.328. The van der Waals surface area contributed by atoms with Gasteiger partial charge in [0.25, 0.3) is 0 Å². The van der Waals surface area contributed by atoms with Gasteiger partial charge in [-0.1, -0.05) is 0 Å². The molecule has 1 unspecified atom stereocenters. The Morgan fingerprint density at radius 1 is 1.55 bits per heavy atom. The Hall–Kier alpha value is -1.49. The molecule has 0 saturated carbocycles. The van der Waals surface area contributed by atoms with Gasteiger partial charge < -0.3 is 4.90 Å². The molecule has 3 heterocycles. The third-order valence-electron chi connectivity index (χ3n) is 3.33. The fraction of sp³-hybridized carbons (Fsp3) is 0.400. The van der Waals surface area contributed by atoms with Gasteiger partial charge in [0.2, 0.25) is 0 Å². The minimum atomic E-state index is -4.73. The molecule has 1 aromatic heterocycles. The maximum absolute atomic E-state index is 12.0. The maximum atomic E-state index is 12.0. The molecule has 8 nitrogen and oxygen atoms in total. The Morgan fingerprint density at radius 2 is 2.30 bits per heavy atom. The van der Waals surface area contributed by atoms with Crippen LogP contribution in [-0.2, 0) is 14.7 Å². The van der Waals surface area contributed by atoms with E-state index in [1.54, 1.807) is 13.1 Å². The van der Waals surface area contributed by atoms with Crippen molar-refractivity contribution in [1.82, 2.24) is 14.9 Å². The summed E-state index contributed by atoms with van der Waals surface area (Å²) in [7, 11) is -4.73. The molecule has 1 saturated heterocycles. The molecule has 1 atom stereocenters. The zero-order valence-electron chi connectivity index (χ0n) is 10.4. The first kappa shape index (κ1) is 13.5. The number of hydrogen-bond donors (Lipinski definition) is 1. The lowest BCUT2D eigenvalue weighted by atomic mass is 9.99. The summed E-state index contributed by atoms with van der Waals surface area (Å²) < 4.78 is 34.8. The number of thiazole rings is 1. The van der Waals surface area contributed by atoms with E-state index in [1.807, 2.05) is 5.38 Å². The van der Waals surface area contributed by atoms with Crippen LogP contribution in [0, 0.1) is 0 Å². The molecule has 10 heteroatoms. The molecular weight excluding hydrogens is 306 g/mol. The number of amides is 2. The predicted molar refractivity (Wildman–Crippen MR) is 69.9 cm³/mol. The summed E-state index contributed by atoms with van der Waals surface area (Å²) in [5, 5.41) is 3.32. The number of fused-ring (bicyclic) bond motifs is 2. The first-order valence-corrected chi connectivity index (χ1v) is 7.96. The Balaban J connectivity index is 1.98. The van der Waals surface area contributed by atoms with Crippen molar-refractivity contribution in [1.29, 1.82) is 0 Å². The molecule has 2 aliphatic rings. The molecule has 0 spiro atoms. The van der Waals surface area contributed by atoms with E-state index in [-0.39, 0.29) is 0 Å². The molecule has 3 rings (SSSR count). The summed E-state index contributed by atoms with van der Waals surface area (Å²) >= 11 is 1.45. The summed E-state index contributed by atoms with van der Waals surface area (Å²) in [4.78, 5) is 17.7. The van der Waals surface area contributed by atoms with Crippen molar-refractivity contribution in [3.63, 3.8) is 0 Å². The third kappa shape index (κ3) is 2.20. The number of rotatable bonds is 3. The first-order valence-electron chi connectivity index (χ1n) is 5.71. The molecule has 1 fully saturated rings. The predicted octanol–water partition coefficient (Wildman–Crippen LogP) is 0.771. The first-order chi connectivity index (χ1) is 9.37. The highest BCUT2D eigenvalue weighted by Crippen LogP contribution is 2.35. The van der Waals surface area contributed by atoms with Crippen LogP contribution in [0.15, 0.2) is 17.2 Å². The molecule has 2 bridgehead atoms. The van der Waals surface area contributed by atoms with Crippen molar-refractivity contribution in [3.05, 3.63) is 22.2 Å². The highest BCUT2D eigenvalue weighted by atomic mass is 32.3. The van der Waals surface area contributed by atoms with E-state index >= 15 is 0 Å². The minimum Gasteiger partial charge on any atom is -0.316 e. The fourth-order valence-electron chi connectivity index (χ4n) is 2.39. The number of urea groups is 1. The zero-order chi connectivity index (χ0) is 14.5. The Bertz CT molecular complexity index is 682. The van der Waals surface area contributed by atoms with Crippen LogP contribution < -0.4 is 0 Å². The van der Waals surface area contributed by atoms with Crippen LogP contribution in [0.2, 0.25) is 0 Å². The molecule has 0 aromatic carbocycles. The lowest BCUT2D eigenvalue weighted by molar-refractivity contribution is -0.0209. The van der Waals surface area contributed by atoms with E-state index in [0.29, 0.717) is 18.2 Å². The van der Waals surface area contributed by atoms with Crippen molar-refractivity contribution in [2.75, 3.05) is 13.1 Å². The summed E-state index contributed by atoms with van der Waals surface area (Å²) in [6.07, 6.45) is 1.67. The van der Waals surface area contributed by atoms with Crippen molar-refractivity contribution in [3.8, 4) is 0 Å². The monoisotopic (exact) mass is 317 g/mol. The molecule has 108 valence electrons. The van der Waals surface area contributed by atoms with Crippen LogP contribution in [0.25, 0.3) is 5.57 Å². The Kier molecular flexibility index (Phi) is 3.05. The highest BCUT2D eigenvalue weighted by Gasteiger charge is 2.46. The smallest absolute Gasteiger partial charge is 0.316 e. The summed E-state index contributed by atoms with van der Waals surface area (Å²) in [5.74, 6) is 0. The van der Waals surface area contributed by atoms with E-state index < -0.39 is 22.5 Å². The van der Waals surface area contributed by atoms with Gasteiger partial charge in [0.15, 0.2) is 0 Å². The SMILES string of the molecule is CC1=C(c2nccs2)CN2CC1N(OS(=O)(=O)O)C2=O. The van der Waals surface area contributed by atoms with Crippen molar-refractivity contribution >= 4 is 33.3 Å². The summed E-state index contributed by atoms with van der Waals surface area (Å²) in [6.45, 7) is 2.48.